The Morgan fingerprint density at radius 2 is 2.13 bits per heavy atom. The van der Waals surface area contributed by atoms with Crippen LogP contribution in [0.2, 0.25) is 0 Å². The van der Waals surface area contributed by atoms with Gasteiger partial charge in [0.1, 0.15) is 12.4 Å². The number of hydrogen-bond acceptors (Lipinski definition) is 3. The number of carbonyl (C=O) groups excluding carboxylic acids is 1. The standard InChI is InChI=1S/C18H28N2O2.ClH/c1-14-4-3-5-17(12-14)22-11-10-20-18(21)13-15(2)16-6-8-19-9-7-16;/h3-5,12,15-16,19H,6-11,13H2,1-2H3,(H,20,21);1H. The Labute approximate surface area is 145 Å². The molecule has 1 aromatic carbocycles. The quantitative estimate of drug-likeness (QED) is 0.750. The smallest absolute Gasteiger partial charge is 0.220 e. The fourth-order valence-corrected chi connectivity index (χ4v) is 3.01. The maximum atomic E-state index is 12.0. The van der Waals surface area contributed by atoms with Gasteiger partial charge in [0.05, 0.1) is 6.54 Å². The number of ether oxygens (including phenoxy) is 1. The van der Waals surface area contributed by atoms with Crippen molar-refractivity contribution in [1.82, 2.24) is 10.6 Å². The minimum absolute atomic E-state index is 0. The van der Waals surface area contributed by atoms with Crippen LogP contribution >= 0.6 is 12.4 Å². The lowest BCUT2D eigenvalue weighted by Crippen LogP contribution is -2.34. The van der Waals surface area contributed by atoms with Crippen LogP contribution in [0.4, 0.5) is 0 Å². The lowest BCUT2D eigenvalue weighted by molar-refractivity contribution is -0.122. The highest BCUT2D eigenvalue weighted by Gasteiger charge is 2.21. The molecule has 0 saturated carbocycles. The van der Waals surface area contributed by atoms with Gasteiger partial charge in [0.2, 0.25) is 5.91 Å². The van der Waals surface area contributed by atoms with Crippen LogP contribution in [-0.2, 0) is 4.79 Å². The van der Waals surface area contributed by atoms with Crippen molar-refractivity contribution in [2.75, 3.05) is 26.2 Å². The van der Waals surface area contributed by atoms with Crippen molar-refractivity contribution in [2.45, 2.75) is 33.1 Å². The molecular formula is C18H29ClN2O2. The monoisotopic (exact) mass is 340 g/mol. The van der Waals surface area contributed by atoms with E-state index in [2.05, 4.69) is 17.6 Å². The fraction of sp³-hybridized carbons (Fsp3) is 0.611. The van der Waals surface area contributed by atoms with Gasteiger partial charge in [-0.2, -0.15) is 0 Å². The number of carbonyl (C=O) groups is 1. The van der Waals surface area contributed by atoms with Gasteiger partial charge in [-0.15, -0.1) is 12.4 Å². The number of piperidine rings is 1. The maximum Gasteiger partial charge on any atom is 0.220 e. The van der Waals surface area contributed by atoms with Crippen LogP contribution in [0.1, 0.15) is 31.7 Å². The maximum absolute atomic E-state index is 12.0. The predicted molar refractivity (Wildman–Crippen MR) is 96.3 cm³/mol. The Bertz CT molecular complexity index is 476. The number of hydrogen-bond donors (Lipinski definition) is 2. The Balaban J connectivity index is 0.00000264. The molecule has 1 heterocycles. The average molecular weight is 341 g/mol. The fourth-order valence-electron chi connectivity index (χ4n) is 3.01. The number of amides is 1. The predicted octanol–water partition coefficient (Wildman–Crippen LogP) is 2.94. The summed E-state index contributed by atoms with van der Waals surface area (Å²) in [5.41, 5.74) is 1.18. The van der Waals surface area contributed by atoms with Gasteiger partial charge in [-0.1, -0.05) is 19.1 Å². The molecule has 2 rings (SSSR count). The summed E-state index contributed by atoms with van der Waals surface area (Å²) in [5.74, 6) is 2.13. The van der Waals surface area contributed by atoms with Crippen molar-refractivity contribution in [1.29, 1.82) is 0 Å². The molecule has 1 atom stereocenters. The normalized spacial score (nSPS) is 16.3. The van der Waals surface area contributed by atoms with E-state index in [0.29, 0.717) is 31.4 Å². The van der Waals surface area contributed by atoms with Crippen molar-refractivity contribution >= 4 is 18.3 Å². The third-order valence-corrected chi connectivity index (χ3v) is 4.38. The van der Waals surface area contributed by atoms with Crippen molar-refractivity contribution in [3.8, 4) is 5.75 Å². The van der Waals surface area contributed by atoms with Crippen molar-refractivity contribution in [3.05, 3.63) is 29.8 Å². The van der Waals surface area contributed by atoms with E-state index in [1.54, 1.807) is 0 Å². The van der Waals surface area contributed by atoms with Crippen LogP contribution in [0, 0.1) is 18.8 Å². The lowest BCUT2D eigenvalue weighted by Gasteiger charge is -2.27. The minimum Gasteiger partial charge on any atom is -0.492 e. The van der Waals surface area contributed by atoms with Gasteiger partial charge in [0.15, 0.2) is 0 Å². The molecule has 23 heavy (non-hydrogen) atoms. The summed E-state index contributed by atoms with van der Waals surface area (Å²) in [6, 6.07) is 7.95. The van der Waals surface area contributed by atoms with E-state index < -0.39 is 0 Å². The van der Waals surface area contributed by atoms with Crippen molar-refractivity contribution in [2.24, 2.45) is 11.8 Å². The second-order valence-corrected chi connectivity index (χ2v) is 6.28. The van der Waals surface area contributed by atoms with Gasteiger partial charge in [-0.05, 0) is 62.4 Å². The average Bonchev–Trinajstić information content (AvgIpc) is 2.52. The number of nitrogens with one attached hydrogen (secondary N) is 2. The molecule has 1 aromatic rings. The van der Waals surface area contributed by atoms with Gasteiger partial charge in [-0.25, -0.2) is 0 Å². The van der Waals surface area contributed by atoms with Crippen LogP contribution in [0.15, 0.2) is 24.3 Å². The lowest BCUT2D eigenvalue weighted by atomic mass is 9.84. The third kappa shape index (κ3) is 7.23. The van der Waals surface area contributed by atoms with E-state index in [0.717, 1.165) is 18.8 Å². The molecule has 1 saturated heterocycles. The Hall–Kier alpha value is -1.26. The van der Waals surface area contributed by atoms with Crippen molar-refractivity contribution in [3.63, 3.8) is 0 Å². The molecule has 0 spiro atoms. The summed E-state index contributed by atoms with van der Waals surface area (Å²) in [4.78, 5) is 12.0. The number of halogens is 1. The van der Waals surface area contributed by atoms with E-state index >= 15 is 0 Å². The molecular weight excluding hydrogens is 312 g/mol. The number of aryl methyl sites for hydroxylation is 1. The van der Waals surface area contributed by atoms with E-state index in [1.165, 1.54) is 18.4 Å². The topological polar surface area (TPSA) is 50.4 Å². The third-order valence-electron chi connectivity index (χ3n) is 4.38. The van der Waals surface area contributed by atoms with Gasteiger partial charge in [0, 0.05) is 6.42 Å². The number of rotatable bonds is 7. The van der Waals surface area contributed by atoms with Gasteiger partial charge in [0.25, 0.3) is 0 Å². The van der Waals surface area contributed by atoms with Crippen molar-refractivity contribution < 1.29 is 9.53 Å². The Morgan fingerprint density at radius 1 is 1.39 bits per heavy atom. The highest BCUT2D eigenvalue weighted by Crippen LogP contribution is 2.24. The van der Waals surface area contributed by atoms with E-state index in [4.69, 9.17) is 4.74 Å². The molecule has 0 bridgehead atoms. The second-order valence-electron chi connectivity index (χ2n) is 6.28. The van der Waals surface area contributed by atoms with E-state index in [9.17, 15) is 4.79 Å². The molecule has 1 unspecified atom stereocenters. The zero-order valence-corrected chi connectivity index (χ0v) is 15.0. The highest BCUT2D eigenvalue weighted by molar-refractivity contribution is 5.85. The Kier molecular flexibility index (Phi) is 9.03. The van der Waals surface area contributed by atoms with E-state index in [1.807, 2.05) is 31.2 Å². The molecule has 130 valence electrons. The minimum atomic E-state index is 0. The molecule has 5 heteroatoms. The number of benzene rings is 1. The molecule has 0 aromatic heterocycles. The molecule has 1 aliphatic rings. The summed E-state index contributed by atoms with van der Waals surface area (Å²) in [7, 11) is 0. The van der Waals surface area contributed by atoms with Crippen LogP contribution in [-0.4, -0.2) is 32.1 Å². The molecule has 2 N–H and O–H groups in total. The Morgan fingerprint density at radius 3 is 2.83 bits per heavy atom. The van der Waals surface area contributed by atoms with Gasteiger partial charge >= 0.3 is 0 Å². The summed E-state index contributed by atoms with van der Waals surface area (Å²) in [6.07, 6.45) is 2.99. The molecule has 1 aliphatic heterocycles. The van der Waals surface area contributed by atoms with Crippen LogP contribution in [0.3, 0.4) is 0 Å². The summed E-state index contributed by atoms with van der Waals surface area (Å²) in [6.45, 7) is 7.47. The second kappa shape index (κ2) is 10.5. The van der Waals surface area contributed by atoms with Crippen LogP contribution < -0.4 is 15.4 Å². The molecule has 0 radical (unpaired) electrons. The summed E-state index contributed by atoms with van der Waals surface area (Å²) in [5, 5.41) is 6.33. The first-order chi connectivity index (χ1) is 10.6. The highest BCUT2D eigenvalue weighted by atomic mass is 35.5. The molecule has 1 fully saturated rings. The zero-order valence-electron chi connectivity index (χ0n) is 14.1. The van der Waals surface area contributed by atoms with Gasteiger partial charge < -0.3 is 15.4 Å². The molecule has 1 amide bonds. The van der Waals surface area contributed by atoms with E-state index in [-0.39, 0.29) is 18.3 Å². The zero-order chi connectivity index (χ0) is 15.8. The first-order valence-electron chi connectivity index (χ1n) is 8.32. The first kappa shape index (κ1) is 19.8. The largest absolute Gasteiger partial charge is 0.492 e. The summed E-state index contributed by atoms with van der Waals surface area (Å²) < 4.78 is 5.64. The van der Waals surface area contributed by atoms with Gasteiger partial charge in [-0.3, -0.25) is 4.79 Å². The molecule has 0 aliphatic carbocycles. The first-order valence-corrected chi connectivity index (χ1v) is 8.32. The van der Waals surface area contributed by atoms with Crippen LogP contribution in [0.25, 0.3) is 0 Å². The summed E-state index contributed by atoms with van der Waals surface area (Å²) >= 11 is 0. The van der Waals surface area contributed by atoms with Crippen LogP contribution in [0.5, 0.6) is 5.75 Å². The SMILES string of the molecule is Cc1cccc(OCCNC(=O)CC(C)C2CCNCC2)c1.Cl. The molecule has 4 nitrogen and oxygen atoms in total.